The second-order valence-corrected chi connectivity index (χ2v) is 5.63. The van der Waals surface area contributed by atoms with Gasteiger partial charge < -0.3 is 15.2 Å². The molecule has 0 aromatic heterocycles. The van der Waals surface area contributed by atoms with Gasteiger partial charge in [-0.2, -0.15) is 0 Å². The second-order valence-electron chi connectivity index (χ2n) is 5.63. The van der Waals surface area contributed by atoms with Crippen LogP contribution in [0.4, 0.5) is 0 Å². The van der Waals surface area contributed by atoms with Crippen molar-refractivity contribution in [3.05, 3.63) is 59.2 Å². The third-order valence-electron chi connectivity index (χ3n) is 3.87. The Morgan fingerprint density at radius 1 is 1.00 bits per heavy atom. The summed E-state index contributed by atoms with van der Waals surface area (Å²) in [7, 11) is 1.70. The summed E-state index contributed by atoms with van der Waals surface area (Å²) in [4.78, 5) is 0. The zero-order valence-corrected chi connectivity index (χ0v) is 13.6. The van der Waals surface area contributed by atoms with Gasteiger partial charge in [-0.3, -0.25) is 0 Å². The molecule has 22 heavy (non-hydrogen) atoms. The second kappa shape index (κ2) is 7.85. The topological polar surface area (TPSA) is 44.5 Å². The highest BCUT2D eigenvalue weighted by Crippen LogP contribution is 2.29. The van der Waals surface area contributed by atoms with Gasteiger partial charge in [0.05, 0.1) is 13.7 Å². The summed E-state index contributed by atoms with van der Waals surface area (Å²) in [6.07, 6.45) is 0.865. The maximum Gasteiger partial charge on any atom is 0.122 e. The lowest BCUT2D eigenvalue weighted by Gasteiger charge is -2.19. The van der Waals surface area contributed by atoms with E-state index in [1.807, 2.05) is 18.2 Å². The van der Waals surface area contributed by atoms with Gasteiger partial charge in [-0.25, -0.2) is 0 Å². The van der Waals surface area contributed by atoms with Crippen LogP contribution in [0.2, 0.25) is 0 Å². The minimum absolute atomic E-state index is 0.236. The molecule has 3 heteroatoms. The van der Waals surface area contributed by atoms with E-state index < -0.39 is 0 Å². The van der Waals surface area contributed by atoms with Crippen molar-refractivity contribution in [2.24, 2.45) is 5.73 Å². The van der Waals surface area contributed by atoms with Crippen LogP contribution >= 0.6 is 0 Å². The largest absolute Gasteiger partial charge is 0.496 e. The molecule has 0 heterocycles. The maximum atomic E-state index is 5.97. The number of benzene rings is 2. The molecular weight excluding hydrogens is 274 g/mol. The molecule has 0 fully saturated rings. The van der Waals surface area contributed by atoms with E-state index in [0.717, 1.165) is 23.5 Å². The molecule has 1 unspecified atom stereocenters. The quantitative estimate of drug-likeness (QED) is 0.845. The van der Waals surface area contributed by atoms with Crippen LogP contribution in [0.5, 0.6) is 11.5 Å². The van der Waals surface area contributed by atoms with Crippen molar-refractivity contribution in [3.8, 4) is 11.5 Å². The van der Waals surface area contributed by atoms with Crippen molar-refractivity contribution in [3.63, 3.8) is 0 Å². The Bertz CT molecular complexity index is 593. The molecule has 0 saturated carbocycles. The summed E-state index contributed by atoms with van der Waals surface area (Å²) in [6, 6.07) is 14.3. The average Bonchev–Trinajstić information content (AvgIpc) is 2.53. The number of aryl methyl sites for hydroxylation is 2. The summed E-state index contributed by atoms with van der Waals surface area (Å²) in [5, 5.41) is 0. The van der Waals surface area contributed by atoms with E-state index in [-0.39, 0.29) is 5.92 Å². The van der Waals surface area contributed by atoms with Gasteiger partial charge in [0.1, 0.15) is 11.5 Å². The minimum atomic E-state index is 0.236. The van der Waals surface area contributed by atoms with Crippen LogP contribution in [-0.4, -0.2) is 20.3 Å². The average molecular weight is 299 g/mol. The first-order chi connectivity index (χ1) is 10.6. The predicted molar refractivity (Wildman–Crippen MR) is 90.8 cm³/mol. The summed E-state index contributed by atoms with van der Waals surface area (Å²) in [5.41, 5.74) is 9.58. The first kappa shape index (κ1) is 16.4. The molecule has 0 bridgehead atoms. The zero-order chi connectivity index (χ0) is 15.9. The monoisotopic (exact) mass is 299 g/mol. The number of rotatable bonds is 7. The number of ether oxygens (including phenoxy) is 2. The van der Waals surface area contributed by atoms with E-state index in [0.29, 0.717) is 13.2 Å². The van der Waals surface area contributed by atoms with E-state index in [9.17, 15) is 0 Å². The molecule has 1 atom stereocenters. The number of hydrogen-bond acceptors (Lipinski definition) is 3. The highest BCUT2D eigenvalue weighted by molar-refractivity contribution is 5.39. The van der Waals surface area contributed by atoms with E-state index >= 15 is 0 Å². The standard InChI is InChI=1S/C19H25NO2/c1-14-4-7-17(8-5-14)22-11-10-16(13-20)18-12-15(2)6-9-19(18)21-3/h4-9,12,16H,10-11,13,20H2,1-3H3. The van der Waals surface area contributed by atoms with Crippen molar-refractivity contribution in [2.75, 3.05) is 20.3 Å². The fraction of sp³-hybridized carbons (Fsp3) is 0.368. The van der Waals surface area contributed by atoms with Gasteiger partial charge in [0, 0.05) is 5.92 Å². The van der Waals surface area contributed by atoms with Gasteiger partial charge in [-0.15, -0.1) is 0 Å². The summed E-state index contributed by atoms with van der Waals surface area (Å²) >= 11 is 0. The Morgan fingerprint density at radius 2 is 1.68 bits per heavy atom. The zero-order valence-electron chi connectivity index (χ0n) is 13.6. The van der Waals surface area contributed by atoms with Crippen LogP contribution in [0.15, 0.2) is 42.5 Å². The van der Waals surface area contributed by atoms with Crippen molar-refractivity contribution in [1.29, 1.82) is 0 Å². The van der Waals surface area contributed by atoms with Crippen molar-refractivity contribution >= 4 is 0 Å². The third kappa shape index (κ3) is 4.25. The van der Waals surface area contributed by atoms with Gasteiger partial charge in [0.25, 0.3) is 0 Å². The Morgan fingerprint density at radius 3 is 2.32 bits per heavy atom. The molecule has 0 aliphatic rings. The Balaban J connectivity index is 2.00. The molecule has 0 aliphatic heterocycles. The van der Waals surface area contributed by atoms with Crippen LogP contribution in [-0.2, 0) is 0 Å². The first-order valence-corrected chi connectivity index (χ1v) is 7.68. The minimum Gasteiger partial charge on any atom is -0.496 e. The Labute approximate surface area is 133 Å². The smallest absolute Gasteiger partial charge is 0.122 e. The molecule has 2 rings (SSSR count). The molecule has 118 valence electrons. The lowest BCUT2D eigenvalue weighted by Crippen LogP contribution is -2.16. The molecule has 3 nitrogen and oxygen atoms in total. The molecule has 2 N–H and O–H groups in total. The van der Waals surface area contributed by atoms with Crippen LogP contribution in [0.25, 0.3) is 0 Å². The van der Waals surface area contributed by atoms with Gasteiger partial charge in [-0.1, -0.05) is 35.4 Å². The number of nitrogens with two attached hydrogens (primary N) is 1. The van der Waals surface area contributed by atoms with E-state index in [2.05, 4.69) is 38.1 Å². The number of methoxy groups -OCH3 is 1. The summed E-state index contributed by atoms with van der Waals surface area (Å²) in [5.74, 6) is 2.04. The fourth-order valence-electron chi connectivity index (χ4n) is 2.53. The highest BCUT2D eigenvalue weighted by atomic mass is 16.5. The van der Waals surface area contributed by atoms with Gasteiger partial charge >= 0.3 is 0 Å². The van der Waals surface area contributed by atoms with Crippen LogP contribution in [0.1, 0.15) is 29.0 Å². The first-order valence-electron chi connectivity index (χ1n) is 7.68. The number of hydrogen-bond donors (Lipinski definition) is 1. The van der Waals surface area contributed by atoms with Gasteiger partial charge in [0.2, 0.25) is 0 Å². The summed E-state index contributed by atoms with van der Waals surface area (Å²) < 4.78 is 11.3. The van der Waals surface area contributed by atoms with Crippen molar-refractivity contribution < 1.29 is 9.47 Å². The molecule has 0 radical (unpaired) electrons. The molecule has 0 aliphatic carbocycles. The van der Waals surface area contributed by atoms with Crippen LogP contribution < -0.4 is 15.2 Å². The van der Waals surface area contributed by atoms with Gasteiger partial charge in [-0.05, 0) is 50.6 Å². The summed E-state index contributed by atoms with van der Waals surface area (Å²) in [6.45, 7) is 5.37. The predicted octanol–water partition coefficient (Wildman–Crippen LogP) is 3.82. The van der Waals surface area contributed by atoms with E-state index in [1.165, 1.54) is 11.1 Å². The Hall–Kier alpha value is -2.00. The molecule has 0 spiro atoms. The Kier molecular flexibility index (Phi) is 5.84. The van der Waals surface area contributed by atoms with Crippen molar-refractivity contribution in [2.45, 2.75) is 26.2 Å². The molecule has 2 aromatic carbocycles. The van der Waals surface area contributed by atoms with E-state index in [1.54, 1.807) is 7.11 Å². The molecule has 0 saturated heterocycles. The molecule has 2 aromatic rings. The maximum absolute atomic E-state index is 5.97. The van der Waals surface area contributed by atoms with Crippen LogP contribution in [0, 0.1) is 13.8 Å². The van der Waals surface area contributed by atoms with E-state index in [4.69, 9.17) is 15.2 Å². The van der Waals surface area contributed by atoms with Crippen LogP contribution in [0.3, 0.4) is 0 Å². The fourth-order valence-corrected chi connectivity index (χ4v) is 2.53. The lowest BCUT2D eigenvalue weighted by atomic mass is 9.94. The lowest BCUT2D eigenvalue weighted by molar-refractivity contribution is 0.296. The normalized spacial score (nSPS) is 12.0. The highest BCUT2D eigenvalue weighted by Gasteiger charge is 2.15. The van der Waals surface area contributed by atoms with Gasteiger partial charge in [0.15, 0.2) is 0 Å². The third-order valence-corrected chi connectivity index (χ3v) is 3.87. The molecular formula is C19H25NO2. The van der Waals surface area contributed by atoms with Crippen molar-refractivity contribution in [1.82, 2.24) is 0 Å². The SMILES string of the molecule is COc1ccc(C)cc1C(CN)CCOc1ccc(C)cc1. The molecule has 0 amide bonds.